The zero-order valence-corrected chi connectivity index (χ0v) is 13.5. The van der Waals surface area contributed by atoms with Gasteiger partial charge in [-0.3, -0.25) is 9.80 Å². The molecule has 4 heterocycles. The SMILES string of the molecule is c1coc(-c2noc(CN3CCN(Cc4cccs4)CC3)n2)c1. The van der Waals surface area contributed by atoms with Crippen molar-refractivity contribution in [1.82, 2.24) is 19.9 Å². The maximum absolute atomic E-state index is 5.33. The van der Waals surface area contributed by atoms with Crippen molar-refractivity contribution in [2.75, 3.05) is 26.2 Å². The van der Waals surface area contributed by atoms with Crippen LogP contribution in [0.3, 0.4) is 0 Å². The molecule has 23 heavy (non-hydrogen) atoms. The van der Waals surface area contributed by atoms with Gasteiger partial charge in [-0.15, -0.1) is 11.3 Å². The van der Waals surface area contributed by atoms with E-state index in [1.54, 1.807) is 6.26 Å². The second kappa shape index (κ2) is 6.66. The van der Waals surface area contributed by atoms with Crippen molar-refractivity contribution in [3.63, 3.8) is 0 Å². The van der Waals surface area contributed by atoms with E-state index >= 15 is 0 Å². The molecule has 0 amide bonds. The van der Waals surface area contributed by atoms with Gasteiger partial charge in [0.1, 0.15) is 0 Å². The lowest BCUT2D eigenvalue weighted by molar-refractivity contribution is 0.113. The molecule has 3 aromatic rings. The van der Waals surface area contributed by atoms with E-state index in [0.717, 1.165) is 32.7 Å². The standard InChI is InChI=1S/C16H18N4O2S/c1-4-14(21-9-1)16-17-15(22-18-16)12-20-7-5-19(6-8-20)11-13-3-2-10-23-13/h1-4,9-10H,5-8,11-12H2. The fraction of sp³-hybridized carbons (Fsp3) is 0.375. The van der Waals surface area contributed by atoms with E-state index in [4.69, 9.17) is 8.94 Å². The second-order valence-electron chi connectivity index (χ2n) is 5.62. The molecule has 0 spiro atoms. The topological polar surface area (TPSA) is 58.5 Å². The van der Waals surface area contributed by atoms with Gasteiger partial charge in [0.15, 0.2) is 5.76 Å². The van der Waals surface area contributed by atoms with Gasteiger partial charge in [-0.25, -0.2) is 0 Å². The lowest BCUT2D eigenvalue weighted by Crippen LogP contribution is -2.45. The van der Waals surface area contributed by atoms with Crippen LogP contribution in [0.4, 0.5) is 0 Å². The average Bonchev–Trinajstić information content (AvgIpc) is 3.31. The van der Waals surface area contributed by atoms with Crippen molar-refractivity contribution in [1.29, 1.82) is 0 Å². The Morgan fingerprint density at radius 1 is 1.04 bits per heavy atom. The minimum absolute atomic E-state index is 0.515. The summed E-state index contributed by atoms with van der Waals surface area (Å²) in [6, 6.07) is 7.96. The van der Waals surface area contributed by atoms with Gasteiger partial charge in [0.25, 0.3) is 0 Å². The van der Waals surface area contributed by atoms with E-state index in [0.29, 0.717) is 24.0 Å². The van der Waals surface area contributed by atoms with Crippen LogP contribution in [0, 0.1) is 0 Å². The number of hydrogen-bond acceptors (Lipinski definition) is 7. The van der Waals surface area contributed by atoms with Crippen molar-refractivity contribution in [2.24, 2.45) is 0 Å². The monoisotopic (exact) mass is 330 g/mol. The molecular weight excluding hydrogens is 312 g/mol. The molecule has 0 unspecified atom stereocenters. The zero-order chi connectivity index (χ0) is 15.5. The molecule has 0 saturated carbocycles. The largest absolute Gasteiger partial charge is 0.461 e. The highest BCUT2D eigenvalue weighted by molar-refractivity contribution is 7.09. The molecule has 0 radical (unpaired) electrons. The first-order chi connectivity index (χ1) is 11.4. The molecule has 120 valence electrons. The summed E-state index contributed by atoms with van der Waals surface area (Å²) in [6.07, 6.45) is 1.61. The van der Waals surface area contributed by atoms with Crippen LogP contribution in [-0.2, 0) is 13.1 Å². The number of rotatable bonds is 5. The molecule has 0 atom stereocenters. The number of piperazine rings is 1. The van der Waals surface area contributed by atoms with Crippen LogP contribution in [-0.4, -0.2) is 46.1 Å². The Balaban J connectivity index is 1.29. The van der Waals surface area contributed by atoms with Crippen LogP contribution in [0.5, 0.6) is 0 Å². The first kappa shape index (κ1) is 14.6. The third-order valence-electron chi connectivity index (χ3n) is 3.99. The predicted octanol–water partition coefficient (Wildman–Crippen LogP) is 2.71. The van der Waals surface area contributed by atoms with Crippen molar-refractivity contribution in [3.05, 3.63) is 46.7 Å². The first-order valence-electron chi connectivity index (χ1n) is 7.70. The maximum Gasteiger partial charge on any atom is 0.241 e. The molecule has 4 rings (SSSR count). The first-order valence-corrected chi connectivity index (χ1v) is 8.58. The Labute approximate surface area is 138 Å². The van der Waals surface area contributed by atoms with E-state index in [9.17, 15) is 0 Å². The average molecular weight is 330 g/mol. The summed E-state index contributed by atoms with van der Waals surface area (Å²) in [5, 5.41) is 6.11. The molecule has 0 aliphatic carbocycles. The van der Waals surface area contributed by atoms with Crippen molar-refractivity contribution in [2.45, 2.75) is 13.1 Å². The Morgan fingerprint density at radius 2 is 1.87 bits per heavy atom. The van der Waals surface area contributed by atoms with Gasteiger partial charge in [-0.1, -0.05) is 11.2 Å². The Morgan fingerprint density at radius 3 is 2.57 bits per heavy atom. The summed E-state index contributed by atoms with van der Waals surface area (Å²) in [5.41, 5.74) is 0. The fourth-order valence-corrected chi connectivity index (χ4v) is 3.49. The molecule has 1 aliphatic rings. The molecule has 1 aliphatic heterocycles. The van der Waals surface area contributed by atoms with E-state index < -0.39 is 0 Å². The lowest BCUT2D eigenvalue weighted by atomic mass is 10.3. The summed E-state index contributed by atoms with van der Waals surface area (Å²) in [7, 11) is 0. The van der Waals surface area contributed by atoms with Gasteiger partial charge >= 0.3 is 0 Å². The molecule has 6 nitrogen and oxygen atoms in total. The molecule has 0 N–H and O–H groups in total. The molecule has 1 saturated heterocycles. The van der Waals surface area contributed by atoms with Crippen LogP contribution in [0.1, 0.15) is 10.8 Å². The quantitative estimate of drug-likeness (QED) is 0.717. The van der Waals surface area contributed by atoms with Crippen molar-refractivity contribution >= 4 is 11.3 Å². The normalized spacial score (nSPS) is 16.9. The smallest absolute Gasteiger partial charge is 0.241 e. The van der Waals surface area contributed by atoms with Gasteiger partial charge in [0.2, 0.25) is 11.7 Å². The van der Waals surface area contributed by atoms with Gasteiger partial charge < -0.3 is 8.94 Å². The Kier molecular flexibility index (Phi) is 4.23. The number of aromatic nitrogens is 2. The summed E-state index contributed by atoms with van der Waals surface area (Å²) < 4.78 is 10.6. The lowest BCUT2D eigenvalue weighted by Gasteiger charge is -2.33. The summed E-state index contributed by atoms with van der Waals surface area (Å²) >= 11 is 1.82. The number of nitrogens with zero attached hydrogens (tertiary/aromatic N) is 4. The molecule has 0 bridgehead atoms. The molecule has 7 heteroatoms. The Bertz CT molecular complexity index is 715. The molecule has 3 aromatic heterocycles. The third kappa shape index (κ3) is 3.52. The number of furan rings is 1. The highest BCUT2D eigenvalue weighted by Crippen LogP contribution is 2.17. The highest BCUT2D eigenvalue weighted by Gasteiger charge is 2.20. The van der Waals surface area contributed by atoms with E-state index in [2.05, 4.69) is 37.5 Å². The van der Waals surface area contributed by atoms with Crippen LogP contribution >= 0.6 is 11.3 Å². The number of hydrogen-bond donors (Lipinski definition) is 0. The van der Waals surface area contributed by atoms with Crippen molar-refractivity contribution in [3.8, 4) is 11.6 Å². The predicted molar refractivity (Wildman–Crippen MR) is 86.9 cm³/mol. The van der Waals surface area contributed by atoms with Gasteiger partial charge in [-0.2, -0.15) is 4.98 Å². The summed E-state index contributed by atoms with van der Waals surface area (Å²) in [5.74, 6) is 1.80. The highest BCUT2D eigenvalue weighted by atomic mass is 32.1. The Hall–Kier alpha value is -1.96. The van der Waals surface area contributed by atoms with E-state index in [1.807, 2.05) is 23.5 Å². The van der Waals surface area contributed by atoms with Crippen LogP contribution in [0.25, 0.3) is 11.6 Å². The molecule has 1 fully saturated rings. The maximum atomic E-state index is 5.33. The molecule has 0 aromatic carbocycles. The van der Waals surface area contributed by atoms with E-state index in [1.165, 1.54) is 4.88 Å². The fourth-order valence-electron chi connectivity index (χ4n) is 2.74. The van der Waals surface area contributed by atoms with Crippen LogP contribution in [0.2, 0.25) is 0 Å². The van der Waals surface area contributed by atoms with Gasteiger partial charge in [-0.05, 0) is 23.6 Å². The van der Waals surface area contributed by atoms with Gasteiger partial charge in [0.05, 0.1) is 12.8 Å². The van der Waals surface area contributed by atoms with Gasteiger partial charge in [0, 0.05) is 37.6 Å². The molecular formula is C16H18N4O2S. The van der Waals surface area contributed by atoms with E-state index in [-0.39, 0.29) is 0 Å². The van der Waals surface area contributed by atoms with Crippen LogP contribution in [0.15, 0.2) is 44.8 Å². The minimum Gasteiger partial charge on any atom is -0.461 e. The second-order valence-corrected chi connectivity index (χ2v) is 6.65. The number of thiophene rings is 1. The minimum atomic E-state index is 0.515. The summed E-state index contributed by atoms with van der Waals surface area (Å²) in [6.45, 7) is 5.91. The summed E-state index contributed by atoms with van der Waals surface area (Å²) in [4.78, 5) is 10.7. The van der Waals surface area contributed by atoms with Crippen LogP contribution < -0.4 is 0 Å². The third-order valence-corrected chi connectivity index (χ3v) is 4.85. The van der Waals surface area contributed by atoms with Crippen molar-refractivity contribution < 1.29 is 8.94 Å². The zero-order valence-electron chi connectivity index (χ0n) is 12.7.